The van der Waals surface area contributed by atoms with Crippen LogP contribution in [0.2, 0.25) is 0 Å². The van der Waals surface area contributed by atoms with Gasteiger partial charge in [0.15, 0.2) is 22.2 Å². The van der Waals surface area contributed by atoms with Gasteiger partial charge >= 0.3 is 0 Å². The predicted molar refractivity (Wildman–Crippen MR) is 155 cm³/mol. The molecule has 2 saturated carbocycles. The lowest BCUT2D eigenvalue weighted by molar-refractivity contribution is 0.406. The van der Waals surface area contributed by atoms with E-state index < -0.39 is 11.2 Å². The van der Waals surface area contributed by atoms with Crippen molar-refractivity contribution in [2.45, 2.75) is 82.7 Å². The van der Waals surface area contributed by atoms with E-state index in [4.69, 9.17) is 9.97 Å². The minimum atomic E-state index is -1.06. The van der Waals surface area contributed by atoms with Gasteiger partial charge in [-0.3, -0.25) is 14.3 Å². The van der Waals surface area contributed by atoms with E-state index in [0.717, 1.165) is 48.3 Å². The Morgan fingerprint density at radius 3 is 2.27 bits per heavy atom. The largest absolute Gasteiger partial charge is 0.611 e. The molecule has 11 heteroatoms. The van der Waals surface area contributed by atoms with Gasteiger partial charge in [0.1, 0.15) is 17.6 Å². The van der Waals surface area contributed by atoms with Crippen molar-refractivity contribution in [3.63, 3.8) is 0 Å². The topological polar surface area (TPSA) is 134 Å². The summed E-state index contributed by atoms with van der Waals surface area (Å²) in [4.78, 5) is 42.6. The summed E-state index contributed by atoms with van der Waals surface area (Å²) in [7, 11) is 0. The van der Waals surface area contributed by atoms with E-state index in [1.807, 2.05) is 26.0 Å². The zero-order valence-corrected chi connectivity index (χ0v) is 24.1. The van der Waals surface area contributed by atoms with E-state index in [0.29, 0.717) is 46.0 Å². The van der Waals surface area contributed by atoms with E-state index in [1.165, 1.54) is 0 Å². The minimum Gasteiger partial charge on any atom is -0.611 e. The lowest BCUT2D eigenvalue weighted by Crippen LogP contribution is -2.30. The van der Waals surface area contributed by atoms with Gasteiger partial charge in [-0.05, 0) is 68.8 Å². The number of aromatic nitrogens is 7. The van der Waals surface area contributed by atoms with Crippen LogP contribution in [0, 0.1) is 5.92 Å². The Kier molecular flexibility index (Phi) is 7.26. The summed E-state index contributed by atoms with van der Waals surface area (Å²) in [5, 5.41) is 3.17. The highest BCUT2D eigenvalue weighted by molar-refractivity contribution is 7.91. The number of hydrogen-bond acceptors (Lipinski definition) is 9. The standard InChI is InChI=1S/C29H34N8O2S/c1-5-40(39)21-11-10-20(30-13-21)12-31-27-29(38)37(17(4)16(2)3)28-22(35-27)14-32-26(36-28)23-24(18-6-7-18)33-15-34-25(23)19-8-9-19/h10-11,13-19H,5-9,12H2,1-4H3,(H,31,35)/t17-,40?/m1/s1. The van der Waals surface area contributed by atoms with Crippen LogP contribution in [0.15, 0.2) is 40.5 Å². The Labute approximate surface area is 236 Å². The summed E-state index contributed by atoms with van der Waals surface area (Å²) in [5.74, 6) is 2.35. The molecular formula is C29H34N8O2S. The lowest BCUT2D eigenvalue weighted by Gasteiger charge is -2.22. The summed E-state index contributed by atoms with van der Waals surface area (Å²) in [6, 6.07) is 3.50. The van der Waals surface area contributed by atoms with E-state index >= 15 is 0 Å². The third-order valence-corrected chi connectivity index (χ3v) is 9.11. The van der Waals surface area contributed by atoms with Crippen molar-refractivity contribution in [1.29, 1.82) is 0 Å². The Hall–Kier alpha value is -3.44. The van der Waals surface area contributed by atoms with Crippen molar-refractivity contribution in [3.8, 4) is 11.4 Å². The smallest absolute Gasteiger partial charge is 0.295 e. The van der Waals surface area contributed by atoms with Crippen LogP contribution in [0.5, 0.6) is 0 Å². The van der Waals surface area contributed by atoms with Crippen molar-refractivity contribution in [2.75, 3.05) is 11.1 Å². The summed E-state index contributed by atoms with van der Waals surface area (Å²) in [5.41, 5.74) is 4.51. The monoisotopic (exact) mass is 558 g/mol. The van der Waals surface area contributed by atoms with Crippen molar-refractivity contribution in [1.82, 2.24) is 34.5 Å². The van der Waals surface area contributed by atoms with E-state index in [9.17, 15) is 9.35 Å². The summed E-state index contributed by atoms with van der Waals surface area (Å²) in [6.45, 7) is 8.39. The first-order valence-corrected chi connectivity index (χ1v) is 15.4. The van der Waals surface area contributed by atoms with Crippen LogP contribution in [0.1, 0.15) is 88.3 Å². The summed E-state index contributed by atoms with van der Waals surface area (Å²) >= 11 is -1.06. The highest BCUT2D eigenvalue weighted by atomic mass is 32.2. The molecule has 0 aromatic carbocycles. The molecule has 4 aromatic heterocycles. The normalized spacial score (nSPS) is 16.9. The SMILES string of the molecule is CC[S+]([O-])c1ccc(CNc2nc3cnc(-c4c(C5CC5)ncnc4C4CC4)nc3n([C@H](C)C(C)C)c2=O)nc1. The predicted octanol–water partition coefficient (Wildman–Crippen LogP) is 4.75. The van der Waals surface area contributed by atoms with Crippen molar-refractivity contribution in [3.05, 3.63) is 58.3 Å². The molecule has 10 nitrogen and oxygen atoms in total. The fraction of sp³-hybridized carbons (Fsp3) is 0.483. The van der Waals surface area contributed by atoms with Gasteiger partial charge in [-0.1, -0.05) is 13.8 Å². The molecule has 2 aliphatic rings. The maximum atomic E-state index is 13.8. The van der Waals surface area contributed by atoms with Gasteiger partial charge in [0.05, 0.1) is 41.6 Å². The Bertz CT molecular complexity index is 1570. The molecule has 0 spiro atoms. The molecule has 208 valence electrons. The third-order valence-electron chi connectivity index (χ3n) is 7.82. The fourth-order valence-electron chi connectivity index (χ4n) is 4.88. The molecule has 0 saturated heterocycles. The molecule has 1 N–H and O–H groups in total. The van der Waals surface area contributed by atoms with Crippen molar-refractivity contribution in [2.24, 2.45) is 5.92 Å². The van der Waals surface area contributed by atoms with Crippen molar-refractivity contribution < 1.29 is 4.55 Å². The van der Waals surface area contributed by atoms with Crippen LogP contribution in [-0.2, 0) is 17.7 Å². The number of nitrogens with one attached hydrogen (secondary N) is 1. The maximum absolute atomic E-state index is 13.8. The van der Waals surface area contributed by atoms with Crippen molar-refractivity contribution >= 4 is 28.2 Å². The average Bonchev–Trinajstić information content (AvgIpc) is 3.89. The second-order valence-corrected chi connectivity index (χ2v) is 12.8. The molecule has 0 amide bonds. The fourth-order valence-corrected chi connectivity index (χ4v) is 5.60. The van der Waals surface area contributed by atoms with E-state index in [-0.39, 0.29) is 23.3 Å². The van der Waals surface area contributed by atoms with Crippen LogP contribution >= 0.6 is 0 Å². The maximum Gasteiger partial charge on any atom is 0.295 e. The summed E-state index contributed by atoms with van der Waals surface area (Å²) < 4.78 is 13.8. The van der Waals surface area contributed by atoms with Gasteiger partial charge in [0, 0.05) is 17.9 Å². The molecular weight excluding hydrogens is 524 g/mol. The quantitative estimate of drug-likeness (QED) is 0.274. The summed E-state index contributed by atoms with van der Waals surface area (Å²) in [6.07, 6.45) is 9.46. The number of fused-ring (bicyclic) bond motifs is 1. The lowest BCUT2D eigenvalue weighted by atomic mass is 10.0. The molecule has 0 radical (unpaired) electrons. The Morgan fingerprint density at radius 1 is 1.00 bits per heavy atom. The first-order chi connectivity index (χ1) is 19.4. The number of pyridine rings is 1. The van der Waals surface area contributed by atoms with E-state index in [1.54, 1.807) is 23.3 Å². The van der Waals surface area contributed by atoms with Gasteiger partial charge in [-0.25, -0.2) is 24.9 Å². The first-order valence-electron chi connectivity index (χ1n) is 14.1. The molecule has 2 atom stereocenters. The van der Waals surface area contributed by atoms with Gasteiger partial charge in [-0.2, -0.15) is 0 Å². The zero-order chi connectivity index (χ0) is 28.0. The Balaban J connectivity index is 1.40. The van der Waals surface area contributed by atoms with Gasteiger partial charge < -0.3 is 9.87 Å². The molecule has 0 bridgehead atoms. The van der Waals surface area contributed by atoms with Gasteiger partial charge in [0.2, 0.25) is 0 Å². The van der Waals surface area contributed by atoms with Crippen LogP contribution in [0.3, 0.4) is 0 Å². The second-order valence-electron chi connectivity index (χ2n) is 11.1. The third kappa shape index (κ3) is 5.19. The second kappa shape index (κ2) is 10.9. The minimum absolute atomic E-state index is 0.124. The van der Waals surface area contributed by atoms with Crippen LogP contribution in [0.4, 0.5) is 5.82 Å². The van der Waals surface area contributed by atoms with Gasteiger partial charge in [-0.15, -0.1) is 0 Å². The number of anilines is 1. The van der Waals surface area contributed by atoms with Crippen LogP contribution in [0.25, 0.3) is 22.6 Å². The zero-order valence-electron chi connectivity index (χ0n) is 23.3. The molecule has 6 rings (SSSR count). The molecule has 2 fully saturated rings. The molecule has 40 heavy (non-hydrogen) atoms. The highest BCUT2D eigenvalue weighted by Crippen LogP contribution is 2.48. The van der Waals surface area contributed by atoms with Gasteiger partial charge in [0.25, 0.3) is 5.56 Å². The average molecular weight is 559 g/mol. The number of hydrogen-bond donors (Lipinski definition) is 1. The molecule has 4 aromatic rings. The number of nitrogens with zero attached hydrogens (tertiary/aromatic N) is 7. The Morgan fingerprint density at radius 2 is 1.70 bits per heavy atom. The van der Waals surface area contributed by atoms with Crippen LogP contribution < -0.4 is 10.9 Å². The molecule has 4 heterocycles. The van der Waals surface area contributed by atoms with E-state index in [2.05, 4.69) is 39.1 Å². The van der Waals surface area contributed by atoms with Crippen LogP contribution in [-0.4, -0.2) is 44.8 Å². The molecule has 0 aliphatic heterocycles. The molecule has 1 unspecified atom stereocenters. The number of rotatable bonds is 10. The first kappa shape index (κ1) is 26.8. The molecule has 2 aliphatic carbocycles. The highest BCUT2D eigenvalue weighted by Gasteiger charge is 2.35.